The number of nitrogens with one attached hydrogen (secondary N) is 1. The average Bonchev–Trinajstić information content (AvgIpc) is 3.14. The number of hydrogen-bond donors (Lipinski definition) is 2. The van der Waals surface area contributed by atoms with Crippen LogP contribution in [0.15, 0.2) is 18.2 Å². The number of hydrogen-bond acceptors (Lipinski definition) is 3. The van der Waals surface area contributed by atoms with Gasteiger partial charge in [-0.2, -0.15) is 0 Å². The van der Waals surface area contributed by atoms with Crippen LogP contribution in [0.1, 0.15) is 19.8 Å². The van der Waals surface area contributed by atoms with Gasteiger partial charge in [-0.15, -0.1) is 0 Å². The van der Waals surface area contributed by atoms with Crippen LogP contribution in [0.2, 0.25) is 5.02 Å². The standard InChI is InChI=1S/C13H17ClN2O2/c1-8(18-7-9-2-3-9)13(17)16-10-4-5-11(14)12(15)6-10/h4-6,8-9H,2-3,7,15H2,1H3,(H,16,17). The van der Waals surface area contributed by atoms with Gasteiger partial charge in [-0.1, -0.05) is 11.6 Å². The summed E-state index contributed by atoms with van der Waals surface area (Å²) in [4.78, 5) is 11.8. The van der Waals surface area contributed by atoms with Crippen molar-refractivity contribution in [1.29, 1.82) is 0 Å². The normalized spacial score (nSPS) is 16.3. The van der Waals surface area contributed by atoms with Gasteiger partial charge in [0.1, 0.15) is 6.10 Å². The predicted octanol–water partition coefficient (Wildman–Crippen LogP) is 2.68. The second-order valence-electron chi connectivity index (χ2n) is 4.64. The zero-order valence-corrected chi connectivity index (χ0v) is 11.0. The molecule has 2 rings (SSSR count). The van der Waals surface area contributed by atoms with E-state index in [2.05, 4.69) is 5.32 Å². The number of carbonyl (C=O) groups is 1. The number of anilines is 2. The molecule has 1 aliphatic rings. The summed E-state index contributed by atoms with van der Waals surface area (Å²) in [5.41, 5.74) is 6.74. The number of rotatable bonds is 5. The molecule has 0 heterocycles. The number of nitrogens with two attached hydrogens (primary N) is 1. The van der Waals surface area contributed by atoms with Gasteiger partial charge in [0.2, 0.25) is 0 Å². The van der Waals surface area contributed by atoms with Crippen LogP contribution < -0.4 is 11.1 Å². The summed E-state index contributed by atoms with van der Waals surface area (Å²) in [6, 6.07) is 5.00. The van der Waals surface area contributed by atoms with Crippen molar-refractivity contribution in [1.82, 2.24) is 0 Å². The van der Waals surface area contributed by atoms with Crippen molar-refractivity contribution >= 4 is 28.9 Å². The lowest BCUT2D eigenvalue weighted by Gasteiger charge is -2.13. The smallest absolute Gasteiger partial charge is 0.253 e. The summed E-state index contributed by atoms with van der Waals surface area (Å²) >= 11 is 5.81. The molecule has 1 fully saturated rings. The maximum atomic E-state index is 11.8. The first-order valence-corrected chi connectivity index (χ1v) is 6.41. The van der Waals surface area contributed by atoms with E-state index in [9.17, 15) is 4.79 Å². The Morgan fingerprint density at radius 2 is 2.33 bits per heavy atom. The molecule has 0 aliphatic heterocycles. The first kappa shape index (κ1) is 13.2. The Kier molecular flexibility index (Phi) is 4.09. The van der Waals surface area contributed by atoms with Crippen LogP contribution in [-0.2, 0) is 9.53 Å². The summed E-state index contributed by atoms with van der Waals surface area (Å²) in [7, 11) is 0. The molecule has 1 saturated carbocycles. The highest BCUT2D eigenvalue weighted by atomic mass is 35.5. The fourth-order valence-corrected chi connectivity index (χ4v) is 1.62. The molecular weight excluding hydrogens is 252 g/mol. The maximum absolute atomic E-state index is 11.8. The predicted molar refractivity (Wildman–Crippen MR) is 72.6 cm³/mol. The molecule has 1 aliphatic carbocycles. The molecule has 3 N–H and O–H groups in total. The number of ether oxygens (including phenoxy) is 1. The Bertz CT molecular complexity index is 447. The molecule has 5 heteroatoms. The molecule has 0 radical (unpaired) electrons. The summed E-state index contributed by atoms with van der Waals surface area (Å²) in [6.45, 7) is 2.41. The van der Waals surface area contributed by atoms with Gasteiger partial charge in [-0.05, 0) is 43.9 Å². The molecule has 0 bridgehead atoms. The van der Waals surface area contributed by atoms with E-state index in [1.807, 2.05) is 0 Å². The Labute approximate surface area is 111 Å². The third kappa shape index (κ3) is 3.62. The van der Waals surface area contributed by atoms with Crippen LogP contribution in [0.25, 0.3) is 0 Å². The van der Waals surface area contributed by atoms with Crippen molar-refractivity contribution < 1.29 is 9.53 Å². The number of halogens is 1. The van der Waals surface area contributed by atoms with Gasteiger partial charge in [0.15, 0.2) is 0 Å². The second-order valence-corrected chi connectivity index (χ2v) is 5.05. The van der Waals surface area contributed by atoms with Gasteiger partial charge in [0.25, 0.3) is 5.91 Å². The third-order valence-electron chi connectivity index (χ3n) is 2.91. The Hall–Kier alpha value is -1.26. The first-order chi connectivity index (χ1) is 8.56. The number of nitrogen functional groups attached to an aromatic ring is 1. The van der Waals surface area contributed by atoms with Crippen LogP contribution in [0.4, 0.5) is 11.4 Å². The van der Waals surface area contributed by atoms with Gasteiger partial charge in [-0.3, -0.25) is 4.79 Å². The zero-order chi connectivity index (χ0) is 13.1. The van der Waals surface area contributed by atoms with Crippen LogP contribution >= 0.6 is 11.6 Å². The van der Waals surface area contributed by atoms with E-state index in [1.165, 1.54) is 12.8 Å². The first-order valence-electron chi connectivity index (χ1n) is 6.03. The largest absolute Gasteiger partial charge is 0.397 e. The quantitative estimate of drug-likeness (QED) is 0.807. The Morgan fingerprint density at radius 1 is 1.61 bits per heavy atom. The second kappa shape index (κ2) is 5.59. The van der Waals surface area contributed by atoms with Gasteiger partial charge in [0.05, 0.1) is 17.3 Å². The lowest BCUT2D eigenvalue weighted by molar-refractivity contribution is -0.126. The Morgan fingerprint density at radius 3 is 2.94 bits per heavy atom. The molecular formula is C13H17ClN2O2. The number of amides is 1. The summed E-state index contributed by atoms with van der Waals surface area (Å²) in [6.07, 6.45) is 1.96. The minimum Gasteiger partial charge on any atom is -0.397 e. The van der Waals surface area contributed by atoms with Crippen molar-refractivity contribution in [2.75, 3.05) is 17.7 Å². The van der Waals surface area contributed by atoms with E-state index < -0.39 is 6.10 Å². The topological polar surface area (TPSA) is 64.3 Å². The highest BCUT2D eigenvalue weighted by Gasteiger charge is 2.24. The molecule has 1 unspecified atom stereocenters. The molecule has 0 spiro atoms. The van der Waals surface area contributed by atoms with Crippen molar-refractivity contribution in [3.05, 3.63) is 23.2 Å². The maximum Gasteiger partial charge on any atom is 0.253 e. The summed E-state index contributed by atoms with van der Waals surface area (Å²) in [5.74, 6) is 0.476. The molecule has 0 aromatic heterocycles. The van der Waals surface area contributed by atoms with E-state index in [4.69, 9.17) is 22.1 Å². The molecule has 1 amide bonds. The molecule has 1 atom stereocenters. The number of benzene rings is 1. The fraction of sp³-hybridized carbons (Fsp3) is 0.462. The van der Waals surface area contributed by atoms with Crippen LogP contribution in [0.5, 0.6) is 0 Å². The summed E-state index contributed by atoms with van der Waals surface area (Å²) in [5, 5.41) is 3.23. The SMILES string of the molecule is CC(OCC1CC1)C(=O)Nc1ccc(Cl)c(N)c1. The average molecular weight is 269 g/mol. The van der Waals surface area contributed by atoms with Crippen LogP contribution in [0.3, 0.4) is 0 Å². The van der Waals surface area contributed by atoms with E-state index in [0.717, 1.165) is 0 Å². The lowest BCUT2D eigenvalue weighted by Crippen LogP contribution is -2.28. The van der Waals surface area contributed by atoms with E-state index in [-0.39, 0.29) is 5.91 Å². The summed E-state index contributed by atoms with van der Waals surface area (Å²) < 4.78 is 5.48. The molecule has 0 saturated heterocycles. The molecule has 1 aromatic rings. The van der Waals surface area contributed by atoms with E-state index in [0.29, 0.717) is 28.9 Å². The minimum absolute atomic E-state index is 0.169. The minimum atomic E-state index is -0.456. The van der Waals surface area contributed by atoms with Crippen molar-refractivity contribution in [2.24, 2.45) is 5.92 Å². The van der Waals surface area contributed by atoms with Gasteiger partial charge < -0.3 is 15.8 Å². The van der Waals surface area contributed by atoms with Crippen LogP contribution in [0, 0.1) is 5.92 Å². The molecule has 1 aromatic carbocycles. The molecule has 4 nitrogen and oxygen atoms in total. The molecule has 98 valence electrons. The van der Waals surface area contributed by atoms with Gasteiger partial charge in [0, 0.05) is 5.69 Å². The fourth-order valence-electron chi connectivity index (χ4n) is 1.51. The molecule has 18 heavy (non-hydrogen) atoms. The van der Waals surface area contributed by atoms with Crippen molar-refractivity contribution in [3.63, 3.8) is 0 Å². The van der Waals surface area contributed by atoms with Crippen LogP contribution in [-0.4, -0.2) is 18.6 Å². The van der Waals surface area contributed by atoms with Gasteiger partial charge in [-0.25, -0.2) is 0 Å². The Balaban J connectivity index is 1.86. The highest BCUT2D eigenvalue weighted by Crippen LogP contribution is 2.29. The zero-order valence-electron chi connectivity index (χ0n) is 10.3. The number of carbonyl (C=O) groups excluding carboxylic acids is 1. The van der Waals surface area contributed by atoms with Gasteiger partial charge >= 0.3 is 0 Å². The van der Waals surface area contributed by atoms with E-state index >= 15 is 0 Å². The van der Waals surface area contributed by atoms with E-state index in [1.54, 1.807) is 25.1 Å². The monoisotopic (exact) mass is 268 g/mol. The third-order valence-corrected chi connectivity index (χ3v) is 3.26. The van der Waals surface area contributed by atoms with Crippen molar-refractivity contribution in [2.45, 2.75) is 25.9 Å². The lowest BCUT2D eigenvalue weighted by atomic mass is 10.2. The highest BCUT2D eigenvalue weighted by molar-refractivity contribution is 6.33. The van der Waals surface area contributed by atoms with Crippen molar-refractivity contribution in [3.8, 4) is 0 Å².